The fourth-order valence-electron chi connectivity index (χ4n) is 1.15. The minimum atomic E-state index is -0.934. The molecule has 15 heavy (non-hydrogen) atoms. The van der Waals surface area contributed by atoms with Crippen LogP contribution in [0.15, 0.2) is 18.2 Å². The number of hydrogen-bond donors (Lipinski definition) is 3. The van der Waals surface area contributed by atoms with Crippen LogP contribution in [0.5, 0.6) is 5.75 Å². The Kier molecular flexibility index (Phi) is 3.79. The van der Waals surface area contributed by atoms with Crippen molar-refractivity contribution in [2.45, 2.75) is 6.92 Å². The van der Waals surface area contributed by atoms with E-state index < -0.39 is 5.97 Å². The second-order valence-corrected chi connectivity index (χ2v) is 2.90. The van der Waals surface area contributed by atoms with E-state index >= 15 is 0 Å². The molecule has 1 aromatic carbocycles. The molecule has 1 aromatic rings. The number of benzene rings is 1. The highest BCUT2D eigenvalue weighted by Gasteiger charge is 2.06. The van der Waals surface area contributed by atoms with Gasteiger partial charge in [-0.2, -0.15) is 0 Å². The molecule has 0 aromatic heterocycles. The van der Waals surface area contributed by atoms with Gasteiger partial charge in [-0.15, -0.1) is 0 Å². The summed E-state index contributed by atoms with van der Waals surface area (Å²) in [7, 11) is 0. The first kappa shape index (κ1) is 11.2. The van der Waals surface area contributed by atoms with Crippen molar-refractivity contribution in [2.24, 2.45) is 0 Å². The van der Waals surface area contributed by atoms with Crippen molar-refractivity contribution in [1.82, 2.24) is 0 Å². The lowest BCUT2D eigenvalue weighted by molar-refractivity contribution is -0.134. The van der Waals surface area contributed by atoms with Crippen LogP contribution < -0.4 is 15.8 Å². The van der Waals surface area contributed by atoms with Crippen molar-refractivity contribution in [2.75, 3.05) is 24.2 Å². The van der Waals surface area contributed by atoms with Crippen LogP contribution in [-0.2, 0) is 4.79 Å². The fraction of sp³-hybridized carbons (Fsp3) is 0.300. The van der Waals surface area contributed by atoms with E-state index in [1.165, 1.54) is 0 Å². The number of carboxylic acid groups (broad SMARTS) is 1. The Labute approximate surface area is 87.9 Å². The van der Waals surface area contributed by atoms with Gasteiger partial charge in [0, 0.05) is 0 Å². The summed E-state index contributed by atoms with van der Waals surface area (Å²) in [5, 5.41) is 11.2. The molecule has 0 radical (unpaired) electrons. The Hall–Kier alpha value is -1.91. The van der Waals surface area contributed by atoms with Crippen LogP contribution in [0.3, 0.4) is 0 Å². The summed E-state index contributed by atoms with van der Waals surface area (Å²) in [6.45, 7) is 2.21. The summed E-state index contributed by atoms with van der Waals surface area (Å²) >= 11 is 0. The molecule has 5 nitrogen and oxygen atoms in total. The predicted molar refractivity (Wildman–Crippen MR) is 58.1 cm³/mol. The molecule has 4 N–H and O–H groups in total. The third-order valence-corrected chi connectivity index (χ3v) is 1.80. The molecule has 1 rings (SSSR count). The Morgan fingerprint density at radius 3 is 2.93 bits per heavy atom. The van der Waals surface area contributed by atoms with Crippen LogP contribution in [0.1, 0.15) is 6.92 Å². The summed E-state index contributed by atoms with van der Waals surface area (Å²) in [6.07, 6.45) is 0. The Morgan fingerprint density at radius 2 is 2.33 bits per heavy atom. The lowest BCUT2D eigenvalue weighted by atomic mass is 10.2. The summed E-state index contributed by atoms with van der Waals surface area (Å²) in [6, 6.07) is 5.21. The molecule has 0 aliphatic rings. The van der Waals surface area contributed by atoms with E-state index in [2.05, 4.69) is 5.32 Å². The van der Waals surface area contributed by atoms with Crippen LogP contribution >= 0.6 is 0 Å². The van der Waals surface area contributed by atoms with Crippen LogP contribution in [0.4, 0.5) is 11.4 Å². The van der Waals surface area contributed by atoms with Crippen molar-refractivity contribution in [1.29, 1.82) is 0 Å². The van der Waals surface area contributed by atoms with Crippen LogP contribution in [-0.4, -0.2) is 24.2 Å². The second kappa shape index (κ2) is 5.09. The van der Waals surface area contributed by atoms with E-state index in [1.807, 2.05) is 6.92 Å². The standard InChI is InChI=1S/C10H14N2O3/c1-2-15-8-5-3-4-7(10(8)11)12-6-9(13)14/h3-5,12H,2,6,11H2,1H3,(H,13,14). The summed E-state index contributed by atoms with van der Waals surface area (Å²) < 4.78 is 5.27. The average Bonchev–Trinajstić information content (AvgIpc) is 2.19. The number of hydrogen-bond acceptors (Lipinski definition) is 4. The molecular formula is C10H14N2O3. The monoisotopic (exact) mass is 210 g/mol. The van der Waals surface area contributed by atoms with Gasteiger partial charge in [0.15, 0.2) is 0 Å². The molecule has 0 saturated heterocycles. The molecule has 0 saturated carbocycles. The molecule has 0 unspecified atom stereocenters. The summed E-state index contributed by atoms with van der Waals surface area (Å²) in [5.74, 6) is -0.371. The van der Waals surface area contributed by atoms with Crippen LogP contribution in [0.25, 0.3) is 0 Å². The fourth-order valence-corrected chi connectivity index (χ4v) is 1.15. The van der Waals surface area contributed by atoms with Gasteiger partial charge in [-0.25, -0.2) is 0 Å². The zero-order valence-electron chi connectivity index (χ0n) is 8.49. The maximum atomic E-state index is 10.4. The number of carbonyl (C=O) groups is 1. The first-order valence-electron chi connectivity index (χ1n) is 4.62. The molecule has 0 heterocycles. The zero-order valence-corrected chi connectivity index (χ0v) is 8.49. The van der Waals surface area contributed by atoms with Crippen LogP contribution in [0, 0.1) is 0 Å². The number of aliphatic carboxylic acids is 1. The van der Waals surface area contributed by atoms with Crippen molar-refractivity contribution in [3.8, 4) is 5.75 Å². The minimum absolute atomic E-state index is 0.167. The topological polar surface area (TPSA) is 84.6 Å². The number of para-hydroxylation sites is 1. The van der Waals surface area contributed by atoms with Gasteiger partial charge in [-0.3, -0.25) is 4.79 Å². The van der Waals surface area contributed by atoms with Gasteiger partial charge in [-0.05, 0) is 19.1 Å². The summed E-state index contributed by atoms with van der Waals surface area (Å²) in [5.41, 5.74) is 6.78. The molecule has 0 fully saturated rings. The van der Waals surface area contributed by atoms with Crippen molar-refractivity contribution >= 4 is 17.3 Å². The molecule has 0 aliphatic heterocycles. The van der Waals surface area contributed by atoms with Gasteiger partial charge in [-0.1, -0.05) is 6.07 Å². The normalized spacial score (nSPS) is 9.67. The predicted octanol–water partition coefficient (Wildman–Crippen LogP) is 1.16. The number of carboxylic acids is 1. The van der Waals surface area contributed by atoms with Gasteiger partial charge in [0.05, 0.1) is 18.0 Å². The first-order chi connectivity index (χ1) is 7.15. The highest BCUT2D eigenvalue weighted by molar-refractivity contribution is 5.78. The highest BCUT2D eigenvalue weighted by Crippen LogP contribution is 2.28. The number of ether oxygens (including phenoxy) is 1. The largest absolute Gasteiger partial charge is 0.492 e. The van der Waals surface area contributed by atoms with E-state index in [9.17, 15) is 4.79 Å². The van der Waals surface area contributed by atoms with E-state index in [1.54, 1.807) is 18.2 Å². The molecule has 0 atom stereocenters. The number of nitrogen functional groups attached to an aromatic ring is 1. The van der Waals surface area contributed by atoms with E-state index in [0.717, 1.165) is 0 Å². The molecule has 0 amide bonds. The van der Waals surface area contributed by atoms with E-state index in [4.69, 9.17) is 15.6 Å². The minimum Gasteiger partial charge on any atom is -0.492 e. The molecule has 0 spiro atoms. The Balaban J connectivity index is 2.79. The Morgan fingerprint density at radius 1 is 1.60 bits per heavy atom. The quantitative estimate of drug-likeness (QED) is 0.635. The highest BCUT2D eigenvalue weighted by atomic mass is 16.5. The van der Waals surface area contributed by atoms with Gasteiger partial charge in [0.2, 0.25) is 0 Å². The first-order valence-corrected chi connectivity index (χ1v) is 4.62. The molecule has 0 aliphatic carbocycles. The second-order valence-electron chi connectivity index (χ2n) is 2.90. The molecule has 0 bridgehead atoms. The van der Waals surface area contributed by atoms with Crippen LogP contribution in [0.2, 0.25) is 0 Å². The maximum absolute atomic E-state index is 10.4. The SMILES string of the molecule is CCOc1cccc(NCC(=O)O)c1N. The zero-order chi connectivity index (χ0) is 11.3. The van der Waals surface area contributed by atoms with Crippen molar-refractivity contribution in [3.63, 3.8) is 0 Å². The smallest absolute Gasteiger partial charge is 0.322 e. The van der Waals surface area contributed by atoms with E-state index in [-0.39, 0.29) is 6.54 Å². The third-order valence-electron chi connectivity index (χ3n) is 1.80. The average molecular weight is 210 g/mol. The van der Waals surface area contributed by atoms with Crippen molar-refractivity contribution in [3.05, 3.63) is 18.2 Å². The number of anilines is 2. The molecule has 5 heteroatoms. The molecular weight excluding hydrogens is 196 g/mol. The third kappa shape index (κ3) is 3.05. The number of nitrogens with two attached hydrogens (primary N) is 1. The molecule has 82 valence electrons. The van der Waals surface area contributed by atoms with E-state index in [0.29, 0.717) is 23.7 Å². The Bertz CT molecular complexity index is 353. The lowest BCUT2D eigenvalue weighted by Gasteiger charge is -2.11. The number of nitrogens with one attached hydrogen (secondary N) is 1. The maximum Gasteiger partial charge on any atom is 0.322 e. The van der Waals surface area contributed by atoms with Crippen molar-refractivity contribution < 1.29 is 14.6 Å². The number of rotatable bonds is 5. The van der Waals surface area contributed by atoms with Gasteiger partial charge in [0.1, 0.15) is 12.3 Å². The summed E-state index contributed by atoms with van der Waals surface area (Å²) in [4.78, 5) is 10.4. The van der Waals surface area contributed by atoms with Gasteiger partial charge in [0.25, 0.3) is 0 Å². The van der Waals surface area contributed by atoms with Gasteiger partial charge < -0.3 is 20.9 Å². The lowest BCUT2D eigenvalue weighted by Crippen LogP contribution is -2.13. The van der Waals surface area contributed by atoms with Gasteiger partial charge >= 0.3 is 5.97 Å².